The first-order valence-electron chi connectivity index (χ1n) is 3.57. The van der Waals surface area contributed by atoms with Crippen LogP contribution in [0, 0.1) is 6.92 Å². The quantitative estimate of drug-likeness (QED) is 0.561. The van der Waals surface area contributed by atoms with E-state index < -0.39 is 11.5 Å². The van der Waals surface area contributed by atoms with Crippen molar-refractivity contribution < 1.29 is 9.90 Å². The average molecular weight is 183 g/mol. The Kier molecular flexibility index (Phi) is 2.32. The van der Waals surface area contributed by atoms with Gasteiger partial charge in [-0.25, -0.2) is 4.98 Å². The monoisotopic (exact) mass is 183 g/mol. The Morgan fingerprint density at radius 1 is 1.69 bits per heavy atom. The third-order valence-corrected chi connectivity index (χ3v) is 1.59. The maximum Gasteiger partial charge on any atom is 0.309 e. The number of nitrogens with two attached hydrogens (primary N) is 1. The second-order valence-electron chi connectivity index (χ2n) is 2.59. The van der Waals surface area contributed by atoms with Crippen LogP contribution in [0.1, 0.15) is 11.3 Å². The number of aromatic amines is 1. The van der Waals surface area contributed by atoms with E-state index in [9.17, 15) is 9.59 Å². The largest absolute Gasteiger partial charge is 0.481 e. The van der Waals surface area contributed by atoms with Crippen LogP contribution < -0.4 is 11.3 Å². The zero-order valence-electron chi connectivity index (χ0n) is 7.00. The maximum absolute atomic E-state index is 11.1. The molecule has 1 aromatic heterocycles. The number of hydrogen-bond donors (Lipinski definition) is 3. The van der Waals surface area contributed by atoms with Crippen LogP contribution in [-0.2, 0) is 11.2 Å². The summed E-state index contributed by atoms with van der Waals surface area (Å²) in [6, 6.07) is 0. The predicted octanol–water partition coefficient (Wildman–Crippen LogP) is -0.712. The van der Waals surface area contributed by atoms with Crippen molar-refractivity contribution in [3.05, 3.63) is 21.6 Å². The van der Waals surface area contributed by atoms with Gasteiger partial charge in [0.05, 0.1) is 12.1 Å². The SMILES string of the molecule is Cc1c(CC(=O)O)nc(N)[nH]c1=O. The molecule has 0 aliphatic heterocycles. The highest BCUT2D eigenvalue weighted by atomic mass is 16.4. The predicted molar refractivity (Wildman–Crippen MR) is 45.3 cm³/mol. The second kappa shape index (κ2) is 3.26. The van der Waals surface area contributed by atoms with E-state index in [0.29, 0.717) is 0 Å². The highest BCUT2D eigenvalue weighted by Crippen LogP contribution is 2.00. The summed E-state index contributed by atoms with van der Waals surface area (Å²) in [5.74, 6) is -1.10. The fourth-order valence-electron chi connectivity index (χ4n) is 0.914. The molecule has 0 saturated heterocycles. The number of anilines is 1. The molecular formula is C7H9N3O3. The van der Waals surface area contributed by atoms with E-state index in [2.05, 4.69) is 9.97 Å². The zero-order valence-corrected chi connectivity index (χ0v) is 7.00. The molecule has 0 aliphatic rings. The van der Waals surface area contributed by atoms with Crippen LogP contribution in [0.15, 0.2) is 4.79 Å². The summed E-state index contributed by atoms with van der Waals surface area (Å²) in [7, 11) is 0. The number of nitrogen functional groups attached to an aromatic ring is 1. The molecular weight excluding hydrogens is 174 g/mol. The van der Waals surface area contributed by atoms with E-state index in [1.807, 2.05) is 0 Å². The van der Waals surface area contributed by atoms with Crippen molar-refractivity contribution in [3.8, 4) is 0 Å². The molecule has 0 unspecified atom stereocenters. The van der Waals surface area contributed by atoms with Gasteiger partial charge in [0.15, 0.2) is 0 Å². The van der Waals surface area contributed by atoms with Crippen LogP contribution in [0.25, 0.3) is 0 Å². The van der Waals surface area contributed by atoms with Crippen LogP contribution in [0.4, 0.5) is 5.95 Å². The van der Waals surface area contributed by atoms with Gasteiger partial charge in [-0.15, -0.1) is 0 Å². The van der Waals surface area contributed by atoms with Gasteiger partial charge in [0.1, 0.15) is 0 Å². The van der Waals surface area contributed by atoms with Gasteiger partial charge in [-0.1, -0.05) is 0 Å². The van der Waals surface area contributed by atoms with E-state index in [0.717, 1.165) is 0 Å². The molecule has 0 saturated carbocycles. The molecule has 13 heavy (non-hydrogen) atoms. The summed E-state index contributed by atoms with van der Waals surface area (Å²) < 4.78 is 0. The number of carbonyl (C=O) groups is 1. The zero-order chi connectivity index (χ0) is 10.0. The first kappa shape index (κ1) is 9.24. The minimum absolute atomic E-state index is 0.0631. The Balaban J connectivity index is 3.20. The van der Waals surface area contributed by atoms with E-state index >= 15 is 0 Å². The van der Waals surface area contributed by atoms with Crippen molar-refractivity contribution in [2.24, 2.45) is 0 Å². The first-order valence-corrected chi connectivity index (χ1v) is 3.57. The van der Waals surface area contributed by atoms with Crippen LogP contribution in [-0.4, -0.2) is 21.0 Å². The molecule has 0 aliphatic carbocycles. The minimum atomic E-state index is -1.04. The molecule has 1 heterocycles. The Labute approximate surface area is 73.4 Å². The number of carboxylic acid groups (broad SMARTS) is 1. The normalized spacial score (nSPS) is 9.92. The molecule has 1 rings (SSSR count). The van der Waals surface area contributed by atoms with Crippen LogP contribution in [0.2, 0.25) is 0 Å². The molecule has 1 aromatic rings. The van der Waals surface area contributed by atoms with E-state index in [-0.39, 0.29) is 23.6 Å². The molecule has 0 fully saturated rings. The van der Waals surface area contributed by atoms with Gasteiger partial charge < -0.3 is 10.8 Å². The van der Waals surface area contributed by atoms with Crippen LogP contribution in [0.5, 0.6) is 0 Å². The van der Waals surface area contributed by atoms with E-state index in [1.165, 1.54) is 6.92 Å². The lowest BCUT2D eigenvalue weighted by molar-refractivity contribution is -0.136. The lowest BCUT2D eigenvalue weighted by atomic mass is 10.2. The summed E-state index contributed by atoms with van der Waals surface area (Å²) >= 11 is 0. The lowest BCUT2D eigenvalue weighted by Gasteiger charge is -2.01. The van der Waals surface area contributed by atoms with Gasteiger partial charge in [0.2, 0.25) is 5.95 Å². The number of aromatic nitrogens is 2. The fourth-order valence-corrected chi connectivity index (χ4v) is 0.914. The van der Waals surface area contributed by atoms with Gasteiger partial charge in [0, 0.05) is 5.56 Å². The number of rotatable bonds is 2. The Bertz CT molecular complexity index is 396. The van der Waals surface area contributed by atoms with Crippen molar-refractivity contribution in [3.63, 3.8) is 0 Å². The van der Waals surface area contributed by atoms with E-state index in [4.69, 9.17) is 10.8 Å². The molecule has 0 spiro atoms. The van der Waals surface area contributed by atoms with Gasteiger partial charge in [-0.2, -0.15) is 0 Å². The number of carboxylic acids is 1. The average Bonchev–Trinajstić information content (AvgIpc) is 1.98. The molecule has 6 heteroatoms. The maximum atomic E-state index is 11.1. The summed E-state index contributed by atoms with van der Waals surface area (Å²) in [6.07, 6.45) is -0.292. The van der Waals surface area contributed by atoms with E-state index in [1.54, 1.807) is 0 Å². The molecule has 70 valence electrons. The summed E-state index contributed by atoms with van der Waals surface area (Å²) in [6.45, 7) is 1.50. The molecule has 0 radical (unpaired) electrons. The number of aliphatic carboxylic acids is 1. The van der Waals surface area contributed by atoms with Gasteiger partial charge in [-0.05, 0) is 6.92 Å². The highest BCUT2D eigenvalue weighted by Gasteiger charge is 2.09. The van der Waals surface area contributed by atoms with Gasteiger partial charge in [0.25, 0.3) is 5.56 Å². The van der Waals surface area contributed by atoms with Crippen LogP contribution >= 0.6 is 0 Å². The first-order chi connectivity index (χ1) is 6.00. The summed E-state index contributed by atoms with van der Waals surface area (Å²) in [5.41, 5.74) is 5.34. The van der Waals surface area contributed by atoms with Gasteiger partial charge in [-0.3, -0.25) is 14.6 Å². The Morgan fingerprint density at radius 2 is 2.31 bits per heavy atom. The van der Waals surface area contributed by atoms with Gasteiger partial charge >= 0.3 is 5.97 Å². The summed E-state index contributed by atoms with van der Waals surface area (Å²) in [5, 5.41) is 8.48. The third kappa shape index (κ3) is 2.05. The lowest BCUT2D eigenvalue weighted by Crippen LogP contribution is -2.18. The number of nitrogens with zero attached hydrogens (tertiary/aromatic N) is 1. The van der Waals surface area contributed by atoms with Crippen molar-refractivity contribution in [1.29, 1.82) is 0 Å². The Hall–Kier alpha value is -1.85. The van der Waals surface area contributed by atoms with Crippen molar-refractivity contribution in [2.45, 2.75) is 13.3 Å². The van der Waals surface area contributed by atoms with Crippen molar-refractivity contribution in [2.75, 3.05) is 5.73 Å². The number of hydrogen-bond acceptors (Lipinski definition) is 4. The number of H-pyrrole nitrogens is 1. The minimum Gasteiger partial charge on any atom is -0.481 e. The van der Waals surface area contributed by atoms with Crippen molar-refractivity contribution >= 4 is 11.9 Å². The molecule has 6 nitrogen and oxygen atoms in total. The molecule has 0 amide bonds. The fraction of sp³-hybridized carbons (Fsp3) is 0.286. The second-order valence-corrected chi connectivity index (χ2v) is 2.59. The standard InChI is InChI=1S/C7H9N3O3/c1-3-4(2-5(11)12)9-7(8)10-6(3)13/h2H2,1H3,(H,11,12)(H3,8,9,10,13). The number of nitrogens with one attached hydrogen (secondary N) is 1. The molecule has 0 aromatic carbocycles. The van der Waals surface area contributed by atoms with Crippen molar-refractivity contribution in [1.82, 2.24) is 9.97 Å². The molecule has 0 bridgehead atoms. The third-order valence-electron chi connectivity index (χ3n) is 1.59. The Morgan fingerprint density at radius 3 is 2.85 bits per heavy atom. The van der Waals surface area contributed by atoms with Crippen LogP contribution in [0.3, 0.4) is 0 Å². The highest BCUT2D eigenvalue weighted by molar-refractivity contribution is 5.70. The molecule has 0 atom stereocenters. The topological polar surface area (TPSA) is 109 Å². The smallest absolute Gasteiger partial charge is 0.309 e. The summed E-state index contributed by atoms with van der Waals surface area (Å²) in [4.78, 5) is 27.4. The molecule has 4 N–H and O–H groups in total.